The summed E-state index contributed by atoms with van der Waals surface area (Å²) in [5.74, 6) is -0.925. The lowest BCUT2D eigenvalue weighted by Crippen LogP contribution is -2.12. The molecule has 0 unspecified atom stereocenters. The van der Waals surface area contributed by atoms with Gasteiger partial charge >= 0.3 is 5.97 Å². The fourth-order valence-corrected chi connectivity index (χ4v) is 1.43. The molecule has 0 bridgehead atoms. The summed E-state index contributed by atoms with van der Waals surface area (Å²) in [5, 5.41) is 19.2. The van der Waals surface area contributed by atoms with Crippen LogP contribution in [0.3, 0.4) is 0 Å². The predicted octanol–water partition coefficient (Wildman–Crippen LogP) is 0.168. The lowest BCUT2D eigenvalue weighted by Gasteiger charge is -2.04. The number of anilines is 1. The molecule has 0 amide bonds. The van der Waals surface area contributed by atoms with Gasteiger partial charge in [0.2, 0.25) is 0 Å². The summed E-state index contributed by atoms with van der Waals surface area (Å²) >= 11 is 0. The Labute approximate surface area is 91.1 Å². The molecule has 16 heavy (non-hydrogen) atoms. The maximum Gasteiger partial charge on any atom is 0.322 e. The van der Waals surface area contributed by atoms with Crippen LogP contribution in [0, 0.1) is 6.92 Å². The van der Waals surface area contributed by atoms with Gasteiger partial charge < -0.3 is 10.4 Å². The van der Waals surface area contributed by atoms with Crippen molar-refractivity contribution >= 4 is 22.8 Å². The molecule has 7 heteroatoms. The molecule has 2 N–H and O–H groups in total. The Morgan fingerprint density at radius 2 is 2.38 bits per heavy atom. The molecule has 2 heterocycles. The minimum absolute atomic E-state index is 0.158. The van der Waals surface area contributed by atoms with Gasteiger partial charge in [0.15, 0.2) is 11.2 Å². The topological polar surface area (TPSA) is 92.9 Å². The molecule has 0 aliphatic rings. The molecule has 0 aliphatic carbocycles. The molecule has 84 valence electrons. The van der Waals surface area contributed by atoms with E-state index in [0.29, 0.717) is 16.9 Å². The van der Waals surface area contributed by atoms with Gasteiger partial charge in [0.25, 0.3) is 0 Å². The smallest absolute Gasteiger partial charge is 0.322 e. The number of nitrogens with one attached hydrogen (secondary N) is 1. The monoisotopic (exact) mass is 221 g/mol. The van der Waals surface area contributed by atoms with E-state index in [9.17, 15) is 4.79 Å². The molecule has 0 spiro atoms. The summed E-state index contributed by atoms with van der Waals surface area (Å²) in [5.41, 5.74) is 2.63. The molecule has 0 aliphatic heterocycles. The maximum atomic E-state index is 10.5. The van der Waals surface area contributed by atoms with E-state index in [4.69, 9.17) is 5.11 Å². The number of aromatic nitrogens is 4. The molecule has 0 saturated heterocycles. The van der Waals surface area contributed by atoms with E-state index >= 15 is 0 Å². The first kappa shape index (κ1) is 10.3. The first-order chi connectivity index (χ1) is 7.58. The van der Waals surface area contributed by atoms with Gasteiger partial charge in [0, 0.05) is 12.7 Å². The summed E-state index contributed by atoms with van der Waals surface area (Å²) in [6.07, 6.45) is 0. The molecule has 0 radical (unpaired) electrons. The highest BCUT2D eigenvalue weighted by atomic mass is 16.4. The highest BCUT2D eigenvalue weighted by Crippen LogP contribution is 2.19. The van der Waals surface area contributed by atoms with E-state index in [1.165, 1.54) is 0 Å². The molecule has 2 rings (SSSR count). The van der Waals surface area contributed by atoms with Crippen molar-refractivity contribution in [1.29, 1.82) is 0 Å². The highest BCUT2D eigenvalue weighted by molar-refractivity contribution is 5.87. The van der Waals surface area contributed by atoms with Crippen LogP contribution < -0.4 is 5.32 Å². The number of rotatable bonds is 3. The van der Waals surface area contributed by atoms with E-state index in [1.54, 1.807) is 17.8 Å². The van der Waals surface area contributed by atoms with Crippen LogP contribution in [0.25, 0.3) is 11.2 Å². The van der Waals surface area contributed by atoms with E-state index < -0.39 is 5.97 Å². The molecule has 0 fully saturated rings. The van der Waals surface area contributed by atoms with Crippen LogP contribution in [-0.4, -0.2) is 37.6 Å². The van der Waals surface area contributed by atoms with E-state index in [-0.39, 0.29) is 6.54 Å². The number of aliphatic carboxylic acids is 1. The summed E-state index contributed by atoms with van der Waals surface area (Å²) in [4.78, 5) is 14.8. The van der Waals surface area contributed by atoms with Crippen molar-refractivity contribution in [2.75, 3.05) is 11.9 Å². The quantitative estimate of drug-likeness (QED) is 0.767. The molecule has 2 aromatic rings. The predicted molar refractivity (Wildman–Crippen MR) is 57.2 cm³/mol. The minimum atomic E-state index is -0.925. The standard InChI is InChI=1S/C9H11N5O2/c1-5-3-6(10-4-7(15)16)8-9(11-5)14(2)13-12-8/h3H,4H2,1-2H3,(H,10,11)(H,15,16). The Hall–Kier alpha value is -2.18. The summed E-state index contributed by atoms with van der Waals surface area (Å²) in [6.45, 7) is 1.67. The third kappa shape index (κ3) is 1.79. The number of carbonyl (C=O) groups is 1. The zero-order valence-corrected chi connectivity index (χ0v) is 8.93. The number of carboxylic acid groups (broad SMARTS) is 1. The van der Waals surface area contributed by atoms with Crippen LogP contribution in [0.15, 0.2) is 6.07 Å². The molecule has 2 aromatic heterocycles. The van der Waals surface area contributed by atoms with Crippen LogP contribution in [0.4, 0.5) is 5.69 Å². The number of carboxylic acids is 1. The normalized spacial score (nSPS) is 10.6. The van der Waals surface area contributed by atoms with Crippen LogP contribution in [0.1, 0.15) is 5.69 Å². The first-order valence-electron chi connectivity index (χ1n) is 4.70. The van der Waals surface area contributed by atoms with Gasteiger partial charge in [0.05, 0.1) is 5.69 Å². The van der Waals surface area contributed by atoms with Crippen molar-refractivity contribution in [1.82, 2.24) is 20.0 Å². The highest BCUT2D eigenvalue weighted by Gasteiger charge is 2.10. The summed E-state index contributed by atoms with van der Waals surface area (Å²) in [7, 11) is 1.74. The second-order valence-corrected chi connectivity index (χ2v) is 3.44. The Bertz CT molecular complexity index is 548. The average Bonchev–Trinajstić information content (AvgIpc) is 2.57. The van der Waals surface area contributed by atoms with Gasteiger partial charge in [-0.05, 0) is 13.0 Å². The number of nitrogens with zero attached hydrogens (tertiary/aromatic N) is 4. The fourth-order valence-electron chi connectivity index (χ4n) is 1.43. The van der Waals surface area contributed by atoms with Gasteiger partial charge in [-0.3, -0.25) is 4.79 Å². The van der Waals surface area contributed by atoms with Crippen LogP contribution in [0.5, 0.6) is 0 Å². The Morgan fingerprint density at radius 3 is 3.06 bits per heavy atom. The molecule has 0 saturated carbocycles. The van der Waals surface area contributed by atoms with Gasteiger partial charge in [0.1, 0.15) is 6.54 Å². The third-order valence-electron chi connectivity index (χ3n) is 2.12. The Morgan fingerprint density at radius 1 is 1.62 bits per heavy atom. The van der Waals surface area contributed by atoms with Gasteiger partial charge in [-0.25, -0.2) is 9.67 Å². The number of hydrogen-bond donors (Lipinski definition) is 2. The SMILES string of the molecule is Cc1cc(NCC(=O)O)c2nnn(C)c2n1. The van der Waals surface area contributed by atoms with Crippen molar-refractivity contribution in [3.63, 3.8) is 0 Å². The van der Waals surface area contributed by atoms with Crippen LogP contribution in [-0.2, 0) is 11.8 Å². The lowest BCUT2D eigenvalue weighted by atomic mass is 10.3. The van der Waals surface area contributed by atoms with Crippen molar-refractivity contribution in [2.24, 2.45) is 7.05 Å². The number of hydrogen-bond acceptors (Lipinski definition) is 5. The molecular formula is C9H11N5O2. The summed E-state index contributed by atoms with van der Waals surface area (Å²) in [6, 6.07) is 1.75. The van der Waals surface area contributed by atoms with Gasteiger partial charge in [-0.15, -0.1) is 5.10 Å². The fraction of sp³-hybridized carbons (Fsp3) is 0.333. The average molecular weight is 221 g/mol. The van der Waals surface area contributed by atoms with E-state index in [1.807, 2.05) is 6.92 Å². The Kier molecular flexibility index (Phi) is 2.43. The second-order valence-electron chi connectivity index (χ2n) is 3.44. The largest absolute Gasteiger partial charge is 0.480 e. The lowest BCUT2D eigenvalue weighted by molar-refractivity contribution is -0.134. The molecule has 0 aromatic carbocycles. The first-order valence-corrected chi connectivity index (χ1v) is 4.70. The van der Waals surface area contributed by atoms with Crippen LogP contribution >= 0.6 is 0 Å². The van der Waals surface area contributed by atoms with Crippen molar-refractivity contribution < 1.29 is 9.90 Å². The van der Waals surface area contributed by atoms with Crippen molar-refractivity contribution in [3.05, 3.63) is 11.8 Å². The van der Waals surface area contributed by atoms with Crippen molar-refractivity contribution in [3.8, 4) is 0 Å². The number of aryl methyl sites for hydroxylation is 2. The zero-order chi connectivity index (χ0) is 11.7. The van der Waals surface area contributed by atoms with Gasteiger partial charge in [-0.1, -0.05) is 5.21 Å². The number of fused-ring (bicyclic) bond motifs is 1. The van der Waals surface area contributed by atoms with Gasteiger partial charge in [-0.2, -0.15) is 0 Å². The maximum absolute atomic E-state index is 10.5. The second kappa shape index (κ2) is 3.76. The molecular weight excluding hydrogens is 210 g/mol. The minimum Gasteiger partial charge on any atom is -0.480 e. The summed E-state index contributed by atoms with van der Waals surface area (Å²) < 4.78 is 1.55. The number of pyridine rings is 1. The molecule has 0 atom stereocenters. The van der Waals surface area contributed by atoms with Crippen LogP contribution in [0.2, 0.25) is 0 Å². The van der Waals surface area contributed by atoms with E-state index in [2.05, 4.69) is 20.6 Å². The molecule has 7 nitrogen and oxygen atoms in total. The Balaban J connectivity index is 2.46. The zero-order valence-electron chi connectivity index (χ0n) is 8.93. The third-order valence-corrected chi connectivity index (χ3v) is 2.12. The van der Waals surface area contributed by atoms with E-state index in [0.717, 1.165) is 5.69 Å². The van der Waals surface area contributed by atoms with Crippen molar-refractivity contribution in [2.45, 2.75) is 6.92 Å².